The number of anilines is 1. The Labute approximate surface area is 215 Å². The van der Waals surface area contributed by atoms with Crippen molar-refractivity contribution < 1.29 is 24.5 Å². The Morgan fingerprint density at radius 2 is 1.84 bits per heavy atom. The van der Waals surface area contributed by atoms with Crippen LogP contribution in [0.1, 0.15) is 36.9 Å². The third-order valence-corrected chi connectivity index (χ3v) is 6.72. The molecule has 3 aromatic rings. The minimum Gasteiger partial charge on any atom is -0.506 e. The van der Waals surface area contributed by atoms with Crippen molar-refractivity contribution in [2.75, 3.05) is 18.5 Å². The van der Waals surface area contributed by atoms with Crippen LogP contribution >= 0.6 is 0 Å². The number of carbonyl (C=O) groups is 1. The molecule has 0 radical (unpaired) electrons. The molecule has 0 bridgehead atoms. The first-order valence-electron chi connectivity index (χ1n) is 12.4. The first-order chi connectivity index (χ1) is 17.9. The molecule has 1 aromatic heterocycles. The summed E-state index contributed by atoms with van der Waals surface area (Å²) in [6, 6.07) is 15.8. The average molecular weight is 508 g/mol. The highest BCUT2D eigenvalue weighted by atomic mass is 16.7. The zero-order valence-electron chi connectivity index (χ0n) is 21.3. The second-order valence-corrected chi connectivity index (χ2v) is 8.97. The number of aliphatic hydroxyl groups excluding tert-OH is 1. The highest BCUT2D eigenvalue weighted by Gasteiger charge is 2.40. The number of phenolic OH excluding ortho intramolecular Hbond substituents is 1. The maximum atomic E-state index is 13.9. The van der Waals surface area contributed by atoms with Crippen LogP contribution in [-0.4, -0.2) is 45.0 Å². The van der Waals surface area contributed by atoms with Gasteiger partial charge in [0, 0.05) is 43.4 Å². The maximum absolute atomic E-state index is 13.9. The van der Waals surface area contributed by atoms with Gasteiger partial charge in [-0.15, -0.1) is 0 Å². The first-order valence-corrected chi connectivity index (χ1v) is 12.4. The number of aliphatic hydroxyl groups is 1. The van der Waals surface area contributed by atoms with E-state index in [-0.39, 0.29) is 35.3 Å². The lowest BCUT2D eigenvalue weighted by Crippen LogP contribution is -2.39. The molecule has 1 amide bonds. The van der Waals surface area contributed by atoms with E-state index in [4.69, 9.17) is 9.47 Å². The van der Waals surface area contributed by atoms with Crippen molar-refractivity contribution in [2.45, 2.75) is 38.9 Å². The summed E-state index contributed by atoms with van der Waals surface area (Å²) in [6.45, 7) is 4.02. The van der Waals surface area contributed by atoms with Crippen molar-refractivity contribution in [3.8, 4) is 11.4 Å². The van der Waals surface area contributed by atoms with Gasteiger partial charge in [0.25, 0.3) is 11.5 Å². The number of phenols is 1. The van der Waals surface area contributed by atoms with Gasteiger partial charge in [0.15, 0.2) is 5.76 Å². The molecule has 1 aliphatic heterocycles. The van der Waals surface area contributed by atoms with E-state index >= 15 is 0 Å². The van der Waals surface area contributed by atoms with Gasteiger partial charge < -0.3 is 25.0 Å². The van der Waals surface area contributed by atoms with Crippen LogP contribution in [0.2, 0.25) is 0 Å². The fourth-order valence-electron chi connectivity index (χ4n) is 4.84. The molecule has 3 unspecified atom stereocenters. The molecule has 0 spiro atoms. The summed E-state index contributed by atoms with van der Waals surface area (Å²) in [5, 5.41) is 22.3. The number of carbonyl (C=O) groups excluding carboxylic acids is 1. The standard InChI is InChI=1S/C28H33N3O6/c1-4-36-28-20(13-10-16-32)21(17-24(37-28)26(34)29-22-14-8-9-15-23(22)33)25-18(2)30(3)31(27(25)35)19-11-6-5-7-12-19/h5-9,11-12,14-15,17,20-21,28,32-33H,4,10,13,16H2,1-3H3,(H,29,34). The van der Waals surface area contributed by atoms with Gasteiger partial charge in [-0.3, -0.25) is 14.3 Å². The predicted molar refractivity (Wildman–Crippen MR) is 140 cm³/mol. The normalized spacial score (nSPS) is 19.2. The molecule has 196 valence electrons. The van der Waals surface area contributed by atoms with E-state index in [2.05, 4.69) is 5.32 Å². The Hall–Kier alpha value is -3.82. The SMILES string of the molecule is CCOC1OC(C(=O)Nc2ccccc2O)=CC(c2c(C)n(C)n(-c3ccccc3)c2=O)C1CCCO. The van der Waals surface area contributed by atoms with Crippen LogP contribution in [0.3, 0.4) is 0 Å². The van der Waals surface area contributed by atoms with Crippen LogP contribution in [0, 0.1) is 12.8 Å². The van der Waals surface area contributed by atoms with Crippen molar-refractivity contribution in [3.63, 3.8) is 0 Å². The molecule has 2 aromatic carbocycles. The second kappa shape index (κ2) is 11.5. The minimum absolute atomic E-state index is 0.000802. The van der Waals surface area contributed by atoms with Crippen molar-refractivity contribution in [2.24, 2.45) is 13.0 Å². The maximum Gasteiger partial charge on any atom is 0.290 e. The molecule has 9 nitrogen and oxygen atoms in total. The van der Waals surface area contributed by atoms with Crippen LogP contribution in [0.4, 0.5) is 5.69 Å². The number of allylic oxidation sites excluding steroid dienone is 1. The fraction of sp³-hybridized carbons (Fsp3) is 0.357. The highest BCUT2D eigenvalue weighted by molar-refractivity contribution is 6.03. The van der Waals surface area contributed by atoms with Crippen molar-refractivity contribution in [1.82, 2.24) is 9.36 Å². The Kier molecular flexibility index (Phi) is 8.15. The Balaban J connectivity index is 1.82. The Bertz CT molecular complexity index is 1330. The van der Waals surface area contributed by atoms with Crippen molar-refractivity contribution in [3.05, 3.63) is 88.0 Å². The number of aromatic hydroxyl groups is 1. The number of nitrogens with one attached hydrogen (secondary N) is 1. The van der Waals surface area contributed by atoms with Crippen molar-refractivity contribution in [1.29, 1.82) is 0 Å². The molecule has 0 saturated heterocycles. The van der Waals surface area contributed by atoms with Gasteiger partial charge in [-0.2, -0.15) is 0 Å². The highest BCUT2D eigenvalue weighted by Crippen LogP contribution is 2.40. The van der Waals surface area contributed by atoms with Gasteiger partial charge in [-0.05, 0) is 57.0 Å². The molecule has 4 rings (SSSR count). The van der Waals surface area contributed by atoms with Crippen LogP contribution in [0.15, 0.2) is 71.2 Å². The van der Waals surface area contributed by atoms with E-state index in [1.54, 1.807) is 33.6 Å². The molecule has 0 aliphatic carbocycles. The summed E-state index contributed by atoms with van der Waals surface area (Å²) in [5.41, 5.74) is 2.06. The van der Waals surface area contributed by atoms with Crippen LogP contribution in [0.25, 0.3) is 5.69 Å². The van der Waals surface area contributed by atoms with E-state index < -0.39 is 18.1 Å². The number of ether oxygens (including phenoxy) is 2. The van der Waals surface area contributed by atoms with Crippen LogP contribution < -0.4 is 10.9 Å². The smallest absolute Gasteiger partial charge is 0.290 e. The molecule has 0 fully saturated rings. The monoisotopic (exact) mass is 507 g/mol. The number of para-hydroxylation sites is 3. The zero-order valence-corrected chi connectivity index (χ0v) is 21.3. The largest absolute Gasteiger partial charge is 0.506 e. The van der Waals surface area contributed by atoms with E-state index in [1.165, 1.54) is 6.07 Å². The fourth-order valence-corrected chi connectivity index (χ4v) is 4.84. The van der Waals surface area contributed by atoms with Crippen molar-refractivity contribution >= 4 is 11.6 Å². The van der Waals surface area contributed by atoms with Gasteiger partial charge in [0.2, 0.25) is 6.29 Å². The predicted octanol–water partition coefficient (Wildman–Crippen LogP) is 3.58. The number of hydrogen-bond donors (Lipinski definition) is 3. The lowest BCUT2D eigenvalue weighted by molar-refractivity contribution is -0.165. The minimum atomic E-state index is -0.805. The van der Waals surface area contributed by atoms with Crippen LogP contribution in [-0.2, 0) is 21.3 Å². The summed E-state index contributed by atoms with van der Waals surface area (Å²) in [4.78, 5) is 27.1. The molecule has 0 saturated carbocycles. The Morgan fingerprint density at radius 3 is 2.51 bits per heavy atom. The quantitative estimate of drug-likeness (QED) is 0.382. The first kappa shape index (κ1) is 26.2. The molecule has 37 heavy (non-hydrogen) atoms. The second-order valence-electron chi connectivity index (χ2n) is 8.97. The van der Waals surface area contributed by atoms with E-state index in [1.807, 2.05) is 51.2 Å². The average Bonchev–Trinajstić information content (AvgIpc) is 3.12. The third kappa shape index (κ3) is 5.33. The van der Waals surface area contributed by atoms with Gasteiger partial charge in [0.05, 0.1) is 11.4 Å². The van der Waals surface area contributed by atoms with Gasteiger partial charge >= 0.3 is 0 Å². The Morgan fingerprint density at radius 1 is 1.14 bits per heavy atom. The van der Waals surface area contributed by atoms with Gasteiger partial charge in [-0.25, -0.2) is 4.68 Å². The number of benzene rings is 2. The summed E-state index contributed by atoms with van der Waals surface area (Å²) in [7, 11) is 1.82. The molecule has 3 N–H and O–H groups in total. The molecule has 1 aliphatic rings. The third-order valence-electron chi connectivity index (χ3n) is 6.72. The van der Waals surface area contributed by atoms with Gasteiger partial charge in [-0.1, -0.05) is 30.3 Å². The number of hydrogen-bond acceptors (Lipinski definition) is 6. The summed E-state index contributed by atoms with van der Waals surface area (Å²) < 4.78 is 15.3. The number of aromatic nitrogens is 2. The number of rotatable bonds is 9. The topological polar surface area (TPSA) is 115 Å². The van der Waals surface area contributed by atoms with Crippen LogP contribution in [0.5, 0.6) is 5.75 Å². The number of nitrogens with zero attached hydrogens (tertiary/aromatic N) is 2. The van der Waals surface area contributed by atoms with E-state index in [0.29, 0.717) is 25.0 Å². The lowest BCUT2D eigenvalue weighted by atomic mass is 9.80. The summed E-state index contributed by atoms with van der Waals surface area (Å²) in [6.07, 6.45) is 1.86. The van der Waals surface area contributed by atoms with E-state index in [9.17, 15) is 19.8 Å². The molecule has 9 heteroatoms. The molecule has 3 atom stereocenters. The van der Waals surface area contributed by atoms with E-state index in [0.717, 1.165) is 11.4 Å². The number of amides is 1. The van der Waals surface area contributed by atoms with Gasteiger partial charge in [0.1, 0.15) is 5.75 Å². The zero-order chi connectivity index (χ0) is 26.5. The lowest BCUT2D eigenvalue weighted by Gasteiger charge is -2.36. The summed E-state index contributed by atoms with van der Waals surface area (Å²) >= 11 is 0. The summed E-state index contributed by atoms with van der Waals surface area (Å²) in [5.74, 6) is -1.46. The molecular weight excluding hydrogens is 474 g/mol. The molecular formula is C28H33N3O6. The molecule has 2 heterocycles.